The fourth-order valence-electron chi connectivity index (χ4n) is 0.692. The average Bonchev–Trinajstić information content (AvgIpc) is 2.14. The summed E-state index contributed by atoms with van der Waals surface area (Å²) in [5, 5.41) is 0. The van der Waals surface area contributed by atoms with Crippen molar-refractivity contribution >= 4 is 0 Å². The first-order chi connectivity index (χ1) is 5.93. The van der Waals surface area contributed by atoms with E-state index in [1.165, 1.54) is 0 Å². The highest BCUT2D eigenvalue weighted by Crippen LogP contribution is 1.93. The van der Waals surface area contributed by atoms with Gasteiger partial charge in [-0.3, -0.25) is 0 Å². The van der Waals surface area contributed by atoms with E-state index in [9.17, 15) is 0 Å². The third-order valence-electron chi connectivity index (χ3n) is 1.18. The third kappa shape index (κ3) is 2.66. The minimum Gasteiger partial charge on any atom is -0.106 e. The van der Waals surface area contributed by atoms with Crippen LogP contribution in [0.4, 0.5) is 0 Å². The zero-order chi connectivity index (χ0) is 8.65. The summed E-state index contributed by atoms with van der Waals surface area (Å²) >= 11 is 0. The van der Waals surface area contributed by atoms with Crippen LogP contribution in [0.1, 0.15) is 5.56 Å². The van der Waals surface area contributed by atoms with Crippen molar-refractivity contribution < 1.29 is 0 Å². The minimum atomic E-state index is 0.948. The number of hydrogen-bond donors (Lipinski definition) is 0. The van der Waals surface area contributed by atoms with Crippen LogP contribution >= 0.6 is 0 Å². The largest absolute Gasteiger partial charge is 0.106 e. The molecule has 0 spiro atoms. The molecule has 1 aromatic rings. The predicted octanol–water partition coefficient (Wildman–Crippen LogP) is 1.67. The second kappa shape index (κ2) is 4.68. The van der Waals surface area contributed by atoms with Gasteiger partial charge in [0.15, 0.2) is 0 Å². The van der Waals surface area contributed by atoms with Crippen molar-refractivity contribution in [2.75, 3.05) is 0 Å². The van der Waals surface area contributed by atoms with E-state index in [1.807, 2.05) is 30.3 Å². The van der Waals surface area contributed by atoms with Crippen LogP contribution in [0.15, 0.2) is 30.3 Å². The standard InChI is InChI=1S/C12H6/c1-2-3-4-6-9-12-10-7-5-8-11-12/h1,5,7-8,10-11H. The van der Waals surface area contributed by atoms with Gasteiger partial charge in [-0.15, -0.1) is 6.42 Å². The fourth-order valence-corrected chi connectivity index (χ4v) is 0.692. The van der Waals surface area contributed by atoms with Gasteiger partial charge in [0.2, 0.25) is 0 Å². The Morgan fingerprint density at radius 2 is 1.67 bits per heavy atom. The molecule has 0 N–H and O–H groups in total. The Labute approximate surface area is 72.6 Å². The van der Waals surface area contributed by atoms with E-state index in [4.69, 9.17) is 6.42 Å². The Balaban J connectivity index is 2.76. The van der Waals surface area contributed by atoms with Gasteiger partial charge in [0.25, 0.3) is 0 Å². The first kappa shape index (κ1) is 8.00. The number of benzene rings is 1. The van der Waals surface area contributed by atoms with Gasteiger partial charge in [-0.25, -0.2) is 0 Å². The van der Waals surface area contributed by atoms with Crippen LogP contribution < -0.4 is 0 Å². The summed E-state index contributed by atoms with van der Waals surface area (Å²) < 4.78 is 0. The summed E-state index contributed by atoms with van der Waals surface area (Å²) in [7, 11) is 0. The summed E-state index contributed by atoms with van der Waals surface area (Å²) in [5.74, 6) is 12.7. The molecule has 1 aromatic carbocycles. The molecule has 0 aliphatic carbocycles. The Morgan fingerprint density at radius 1 is 0.917 bits per heavy atom. The van der Waals surface area contributed by atoms with Crippen molar-refractivity contribution in [3.05, 3.63) is 35.9 Å². The Bertz CT molecular complexity index is 397. The summed E-state index contributed by atoms with van der Waals surface area (Å²) in [6.07, 6.45) is 4.92. The number of hydrogen-bond acceptors (Lipinski definition) is 0. The number of terminal acetylenes is 1. The Hall–Kier alpha value is -2.10. The molecular weight excluding hydrogens is 144 g/mol. The average molecular weight is 150 g/mol. The van der Waals surface area contributed by atoms with Gasteiger partial charge in [-0.05, 0) is 35.8 Å². The minimum absolute atomic E-state index is 0.948. The number of rotatable bonds is 0. The lowest BCUT2D eigenvalue weighted by Crippen LogP contribution is -1.68. The quantitative estimate of drug-likeness (QED) is 0.493. The van der Waals surface area contributed by atoms with Crippen molar-refractivity contribution in [1.29, 1.82) is 0 Å². The molecule has 0 fully saturated rings. The molecule has 0 aromatic heterocycles. The summed E-state index contributed by atoms with van der Waals surface area (Å²) in [6, 6.07) is 9.64. The van der Waals surface area contributed by atoms with Crippen molar-refractivity contribution in [1.82, 2.24) is 0 Å². The summed E-state index contributed by atoms with van der Waals surface area (Å²) in [6.45, 7) is 0. The molecule has 0 aliphatic rings. The molecule has 0 radical (unpaired) electrons. The second-order valence-corrected chi connectivity index (χ2v) is 2.01. The van der Waals surface area contributed by atoms with Crippen LogP contribution in [0, 0.1) is 36.0 Å². The third-order valence-corrected chi connectivity index (χ3v) is 1.18. The molecule has 0 saturated heterocycles. The first-order valence-electron chi connectivity index (χ1n) is 3.45. The maximum atomic E-state index is 4.92. The fraction of sp³-hybridized carbons (Fsp3) is 0. The maximum absolute atomic E-state index is 4.92. The zero-order valence-corrected chi connectivity index (χ0v) is 6.46. The molecule has 0 nitrogen and oxygen atoms in total. The molecule has 0 atom stereocenters. The molecule has 0 aliphatic heterocycles. The molecule has 0 heteroatoms. The summed E-state index contributed by atoms with van der Waals surface area (Å²) in [4.78, 5) is 0. The van der Waals surface area contributed by atoms with Crippen molar-refractivity contribution in [3.8, 4) is 36.0 Å². The van der Waals surface area contributed by atoms with E-state index in [-0.39, 0.29) is 0 Å². The molecule has 0 saturated carbocycles. The molecule has 0 heterocycles. The van der Waals surface area contributed by atoms with Gasteiger partial charge in [0, 0.05) is 5.56 Å². The topological polar surface area (TPSA) is 0 Å². The lowest BCUT2D eigenvalue weighted by atomic mass is 10.2. The molecule has 12 heavy (non-hydrogen) atoms. The van der Waals surface area contributed by atoms with Gasteiger partial charge in [0.05, 0.1) is 0 Å². The molecule has 0 bridgehead atoms. The molecule has 54 valence electrons. The van der Waals surface area contributed by atoms with Crippen LogP contribution in [0.3, 0.4) is 0 Å². The van der Waals surface area contributed by atoms with Crippen LogP contribution in [0.25, 0.3) is 0 Å². The van der Waals surface area contributed by atoms with Crippen LogP contribution in [-0.4, -0.2) is 0 Å². The van der Waals surface area contributed by atoms with Crippen LogP contribution in [0.5, 0.6) is 0 Å². The van der Waals surface area contributed by atoms with Crippen LogP contribution in [0.2, 0.25) is 0 Å². The Kier molecular flexibility index (Phi) is 3.12. The van der Waals surface area contributed by atoms with E-state index in [0.29, 0.717) is 0 Å². The highest BCUT2D eigenvalue weighted by Gasteiger charge is 1.78. The van der Waals surface area contributed by atoms with Gasteiger partial charge in [-0.2, -0.15) is 0 Å². The van der Waals surface area contributed by atoms with Gasteiger partial charge < -0.3 is 0 Å². The maximum Gasteiger partial charge on any atom is 0.0255 e. The van der Waals surface area contributed by atoms with Crippen molar-refractivity contribution in [2.45, 2.75) is 0 Å². The van der Waals surface area contributed by atoms with Gasteiger partial charge in [-0.1, -0.05) is 24.1 Å². The second-order valence-electron chi connectivity index (χ2n) is 2.01. The van der Waals surface area contributed by atoms with Crippen molar-refractivity contribution in [3.63, 3.8) is 0 Å². The van der Waals surface area contributed by atoms with Crippen molar-refractivity contribution in [2.24, 2.45) is 0 Å². The van der Waals surface area contributed by atoms with E-state index in [1.54, 1.807) is 0 Å². The van der Waals surface area contributed by atoms with E-state index < -0.39 is 0 Å². The molecule has 0 unspecified atom stereocenters. The van der Waals surface area contributed by atoms with Crippen LogP contribution in [-0.2, 0) is 0 Å². The molecule has 0 amide bonds. The van der Waals surface area contributed by atoms with E-state index in [2.05, 4.69) is 29.6 Å². The highest BCUT2D eigenvalue weighted by molar-refractivity contribution is 5.41. The Morgan fingerprint density at radius 3 is 2.33 bits per heavy atom. The molecule has 1 rings (SSSR count). The van der Waals surface area contributed by atoms with E-state index >= 15 is 0 Å². The molecular formula is C12H6. The lowest BCUT2D eigenvalue weighted by molar-refractivity contribution is 1.65. The highest BCUT2D eigenvalue weighted by atomic mass is 13.8. The van der Waals surface area contributed by atoms with Gasteiger partial charge >= 0.3 is 0 Å². The first-order valence-corrected chi connectivity index (χ1v) is 3.45. The lowest BCUT2D eigenvalue weighted by Gasteiger charge is -1.83. The summed E-state index contributed by atoms with van der Waals surface area (Å²) in [5.41, 5.74) is 0.948. The predicted molar refractivity (Wildman–Crippen MR) is 49.9 cm³/mol. The normalized spacial score (nSPS) is 6.58. The van der Waals surface area contributed by atoms with Gasteiger partial charge in [0.1, 0.15) is 0 Å². The zero-order valence-electron chi connectivity index (χ0n) is 6.46. The monoisotopic (exact) mass is 150 g/mol. The van der Waals surface area contributed by atoms with E-state index in [0.717, 1.165) is 5.56 Å². The SMILES string of the molecule is C#CC#CC#Cc1ccccc1. The smallest absolute Gasteiger partial charge is 0.0255 e.